The van der Waals surface area contributed by atoms with Crippen molar-refractivity contribution in [3.8, 4) is 0 Å². The van der Waals surface area contributed by atoms with E-state index in [1.165, 1.54) is 4.90 Å². The molecular formula is C9H18N4O3. The number of nitrogens with two attached hydrogens (primary N) is 1. The lowest BCUT2D eigenvalue weighted by molar-refractivity contribution is -0.129. The van der Waals surface area contributed by atoms with Crippen molar-refractivity contribution in [2.24, 2.45) is 10.9 Å². The predicted octanol–water partition coefficient (Wildman–Crippen LogP) is -1.08. The summed E-state index contributed by atoms with van der Waals surface area (Å²) < 4.78 is 5.21. The molecule has 0 aromatic carbocycles. The van der Waals surface area contributed by atoms with Crippen molar-refractivity contribution in [2.75, 3.05) is 26.3 Å². The van der Waals surface area contributed by atoms with Crippen LogP contribution in [0.5, 0.6) is 0 Å². The third-order valence-electron chi connectivity index (χ3n) is 2.38. The van der Waals surface area contributed by atoms with Crippen LogP contribution >= 0.6 is 0 Å². The number of ether oxygens (including phenoxy) is 1. The summed E-state index contributed by atoms with van der Waals surface area (Å²) in [6.07, 6.45) is 0.864. The lowest BCUT2D eigenvalue weighted by Crippen LogP contribution is -2.57. The van der Waals surface area contributed by atoms with Crippen molar-refractivity contribution < 1.29 is 14.7 Å². The second-order valence-electron chi connectivity index (χ2n) is 3.53. The van der Waals surface area contributed by atoms with Gasteiger partial charge in [-0.2, -0.15) is 0 Å². The molecule has 0 spiro atoms. The molecule has 7 heteroatoms. The molecule has 92 valence electrons. The molecule has 0 bridgehead atoms. The quantitative estimate of drug-likeness (QED) is 0.248. The molecular weight excluding hydrogens is 212 g/mol. The zero-order chi connectivity index (χ0) is 12.0. The summed E-state index contributed by atoms with van der Waals surface area (Å²) in [5.74, 6) is -0.215. The van der Waals surface area contributed by atoms with Gasteiger partial charge in [0.15, 0.2) is 0 Å². The topological polar surface area (TPSA) is 100 Å². The van der Waals surface area contributed by atoms with Crippen LogP contribution in [0.25, 0.3) is 0 Å². The minimum absolute atomic E-state index is 0.0556. The molecule has 0 aliphatic carbocycles. The molecule has 1 aliphatic heterocycles. The molecule has 0 aromatic rings. The number of carbonyl (C=O) groups is 1. The van der Waals surface area contributed by atoms with Gasteiger partial charge >= 0.3 is 0 Å². The monoisotopic (exact) mass is 230 g/mol. The van der Waals surface area contributed by atoms with E-state index in [4.69, 9.17) is 15.7 Å². The Kier molecular flexibility index (Phi) is 4.84. The SMILES string of the molecule is CCCNC(=O)C1COCCN1C(N)=NO. The smallest absolute Gasteiger partial charge is 0.245 e. The highest BCUT2D eigenvalue weighted by Gasteiger charge is 2.30. The van der Waals surface area contributed by atoms with E-state index in [0.717, 1.165) is 6.42 Å². The minimum Gasteiger partial charge on any atom is -0.408 e. The summed E-state index contributed by atoms with van der Waals surface area (Å²) in [4.78, 5) is 13.3. The third-order valence-corrected chi connectivity index (χ3v) is 2.38. The van der Waals surface area contributed by atoms with Crippen LogP contribution in [0.1, 0.15) is 13.3 Å². The number of oxime groups is 1. The van der Waals surface area contributed by atoms with Crippen LogP contribution in [0.2, 0.25) is 0 Å². The fourth-order valence-electron chi connectivity index (χ4n) is 1.52. The van der Waals surface area contributed by atoms with Gasteiger partial charge in [0.05, 0.1) is 13.2 Å². The number of nitrogens with zero attached hydrogens (tertiary/aromatic N) is 2. The lowest BCUT2D eigenvalue weighted by Gasteiger charge is -2.34. The maximum absolute atomic E-state index is 11.8. The largest absolute Gasteiger partial charge is 0.408 e. The molecule has 0 aromatic heterocycles. The first-order valence-electron chi connectivity index (χ1n) is 5.30. The summed E-state index contributed by atoms with van der Waals surface area (Å²) in [5.41, 5.74) is 5.49. The van der Waals surface area contributed by atoms with Crippen LogP contribution in [0.3, 0.4) is 0 Å². The van der Waals surface area contributed by atoms with E-state index < -0.39 is 6.04 Å². The van der Waals surface area contributed by atoms with Crippen molar-refractivity contribution >= 4 is 11.9 Å². The number of carbonyl (C=O) groups excluding carboxylic acids is 1. The van der Waals surface area contributed by atoms with E-state index in [1.807, 2.05) is 6.92 Å². The number of hydrogen-bond donors (Lipinski definition) is 3. The molecule has 7 nitrogen and oxygen atoms in total. The summed E-state index contributed by atoms with van der Waals surface area (Å²) >= 11 is 0. The molecule has 1 unspecified atom stereocenters. The molecule has 1 saturated heterocycles. The third kappa shape index (κ3) is 2.99. The normalized spacial score (nSPS) is 21.9. The van der Waals surface area contributed by atoms with Crippen molar-refractivity contribution in [2.45, 2.75) is 19.4 Å². The molecule has 1 aliphatic rings. The fourth-order valence-corrected chi connectivity index (χ4v) is 1.52. The summed E-state index contributed by atoms with van der Waals surface area (Å²) in [6, 6.07) is -0.517. The summed E-state index contributed by atoms with van der Waals surface area (Å²) in [5, 5.41) is 14.3. The summed E-state index contributed by atoms with van der Waals surface area (Å²) in [7, 11) is 0. The second-order valence-corrected chi connectivity index (χ2v) is 3.53. The maximum Gasteiger partial charge on any atom is 0.245 e. The molecule has 1 amide bonds. The first-order valence-corrected chi connectivity index (χ1v) is 5.30. The van der Waals surface area contributed by atoms with Gasteiger partial charge < -0.3 is 25.9 Å². The lowest BCUT2D eigenvalue weighted by atomic mass is 10.2. The van der Waals surface area contributed by atoms with Crippen LogP contribution in [-0.4, -0.2) is 54.3 Å². The highest BCUT2D eigenvalue weighted by molar-refractivity contribution is 5.88. The highest BCUT2D eigenvalue weighted by Crippen LogP contribution is 2.06. The number of rotatable bonds is 3. The van der Waals surface area contributed by atoms with Gasteiger partial charge in [0.2, 0.25) is 11.9 Å². The highest BCUT2D eigenvalue weighted by atomic mass is 16.5. The van der Waals surface area contributed by atoms with Crippen LogP contribution < -0.4 is 11.1 Å². The Morgan fingerprint density at radius 2 is 2.50 bits per heavy atom. The Morgan fingerprint density at radius 1 is 1.75 bits per heavy atom. The number of guanidine groups is 1. The van der Waals surface area contributed by atoms with E-state index in [0.29, 0.717) is 19.7 Å². The minimum atomic E-state index is -0.517. The average molecular weight is 230 g/mol. The van der Waals surface area contributed by atoms with Gasteiger partial charge in [-0.15, -0.1) is 0 Å². The number of nitrogens with one attached hydrogen (secondary N) is 1. The van der Waals surface area contributed by atoms with E-state index >= 15 is 0 Å². The maximum atomic E-state index is 11.8. The molecule has 16 heavy (non-hydrogen) atoms. The van der Waals surface area contributed by atoms with Gasteiger partial charge in [-0.05, 0) is 6.42 Å². The van der Waals surface area contributed by atoms with E-state index in [1.54, 1.807) is 0 Å². The van der Waals surface area contributed by atoms with Gasteiger partial charge in [-0.1, -0.05) is 12.1 Å². The first kappa shape index (κ1) is 12.6. The van der Waals surface area contributed by atoms with E-state index in [9.17, 15) is 4.79 Å². The van der Waals surface area contributed by atoms with Crippen LogP contribution in [0.4, 0.5) is 0 Å². The van der Waals surface area contributed by atoms with Gasteiger partial charge in [0.25, 0.3) is 0 Å². The molecule has 1 rings (SSSR count). The van der Waals surface area contributed by atoms with Crippen molar-refractivity contribution in [1.29, 1.82) is 0 Å². The molecule has 1 atom stereocenters. The number of amides is 1. The average Bonchev–Trinajstić information content (AvgIpc) is 2.35. The Hall–Kier alpha value is -1.50. The van der Waals surface area contributed by atoms with Crippen LogP contribution in [0, 0.1) is 0 Å². The zero-order valence-corrected chi connectivity index (χ0v) is 9.35. The van der Waals surface area contributed by atoms with Gasteiger partial charge in [-0.3, -0.25) is 4.79 Å². The molecule has 4 N–H and O–H groups in total. The Bertz CT molecular complexity index is 269. The van der Waals surface area contributed by atoms with Crippen LogP contribution in [0.15, 0.2) is 5.16 Å². The Morgan fingerprint density at radius 3 is 3.12 bits per heavy atom. The Balaban J connectivity index is 2.62. The summed E-state index contributed by atoms with van der Waals surface area (Å²) in [6.45, 7) is 3.75. The second kappa shape index (κ2) is 6.16. The fraction of sp³-hybridized carbons (Fsp3) is 0.778. The zero-order valence-electron chi connectivity index (χ0n) is 9.35. The van der Waals surface area contributed by atoms with E-state index in [2.05, 4.69) is 10.5 Å². The van der Waals surface area contributed by atoms with Crippen molar-refractivity contribution in [3.05, 3.63) is 0 Å². The van der Waals surface area contributed by atoms with Gasteiger partial charge in [-0.25, -0.2) is 0 Å². The molecule has 1 fully saturated rings. The number of morpholine rings is 1. The first-order chi connectivity index (χ1) is 7.70. The van der Waals surface area contributed by atoms with Crippen LogP contribution in [-0.2, 0) is 9.53 Å². The van der Waals surface area contributed by atoms with E-state index in [-0.39, 0.29) is 18.5 Å². The standard InChI is InChI=1S/C9H18N4O3/c1-2-3-11-8(14)7-6-16-5-4-13(7)9(10)12-15/h7,15H,2-6H2,1H3,(H2,10,12)(H,11,14). The number of hydrogen-bond acceptors (Lipinski definition) is 4. The van der Waals surface area contributed by atoms with Gasteiger partial charge in [0, 0.05) is 13.1 Å². The molecule has 0 radical (unpaired) electrons. The molecule has 0 saturated carbocycles. The van der Waals surface area contributed by atoms with Crippen molar-refractivity contribution in [1.82, 2.24) is 10.2 Å². The Labute approximate surface area is 94.2 Å². The molecule has 1 heterocycles. The van der Waals surface area contributed by atoms with Crippen molar-refractivity contribution in [3.63, 3.8) is 0 Å². The van der Waals surface area contributed by atoms with Gasteiger partial charge in [0.1, 0.15) is 6.04 Å². The predicted molar refractivity (Wildman–Crippen MR) is 58.0 cm³/mol.